The second kappa shape index (κ2) is 13.1. The Hall–Kier alpha value is -0.410. The SMILES string of the molecule is CCCCOCCNC(=NC)NCc1nc(C(C)C)cs1.I. The molecule has 1 aromatic rings. The standard InChI is InChI=1S/C15H28N4OS.HI/c1-5-6-8-20-9-7-17-15(16-4)18-10-14-19-13(11-21-14)12(2)3;/h11-12H,5-10H2,1-4H3,(H2,16,17,18);1H. The monoisotopic (exact) mass is 440 g/mol. The Labute approximate surface area is 155 Å². The predicted molar refractivity (Wildman–Crippen MR) is 106 cm³/mol. The number of nitrogens with one attached hydrogen (secondary N) is 2. The Bertz CT molecular complexity index is 423. The van der Waals surface area contributed by atoms with Crippen LogP contribution in [0.2, 0.25) is 0 Å². The van der Waals surface area contributed by atoms with Crippen molar-refractivity contribution >= 4 is 41.3 Å². The van der Waals surface area contributed by atoms with E-state index < -0.39 is 0 Å². The minimum absolute atomic E-state index is 0. The van der Waals surface area contributed by atoms with Gasteiger partial charge in [-0.2, -0.15) is 0 Å². The molecule has 0 amide bonds. The van der Waals surface area contributed by atoms with E-state index in [-0.39, 0.29) is 24.0 Å². The first-order valence-electron chi connectivity index (χ1n) is 7.64. The van der Waals surface area contributed by atoms with Crippen molar-refractivity contribution in [3.63, 3.8) is 0 Å². The van der Waals surface area contributed by atoms with E-state index in [4.69, 9.17) is 4.74 Å². The van der Waals surface area contributed by atoms with Crippen LogP contribution in [0.15, 0.2) is 10.4 Å². The lowest BCUT2D eigenvalue weighted by molar-refractivity contribution is 0.136. The lowest BCUT2D eigenvalue weighted by atomic mass is 10.2. The summed E-state index contributed by atoms with van der Waals surface area (Å²) in [6.07, 6.45) is 2.29. The summed E-state index contributed by atoms with van der Waals surface area (Å²) in [5.41, 5.74) is 1.16. The number of hydrogen-bond donors (Lipinski definition) is 2. The average Bonchev–Trinajstić information content (AvgIpc) is 2.95. The van der Waals surface area contributed by atoms with Crippen LogP contribution in [0.3, 0.4) is 0 Å². The first kappa shape index (κ1) is 21.6. The number of thiazole rings is 1. The van der Waals surface area contributed by atoms with Crippen LogP contribution >= 0.6 is 35.3 Å². The molecular weight excluding hydrogens is 411 g/mol. The van der Waals surface area contributed by atoms with E-state index in [2.05, 4.69) is 46.8 Å². The van der Waals surface area contributed by atoms with Gasteiger partial charge in [0, 0.05) is 25.6 Å². The fourth-order valence-corrected chi connectivity index (χ4v) is 2.54. The van der Waals surface area contributed by atoms with Crippen LogP contribution in [0.1, 0.15) is 50.2 Å². The highest BCUT2D eigenvalue weighted by Gasteiger charge is 2.06. The number of halogens is 1. The summed E-state index contributed by atoms with van der Waals surface area (Å²) in [6.45, 7) is 9.48. The van der Waals surface area contributed by atoms with Gasteiger partial charge in [-0.05, 0) is 12.3 Å². The van der Waals surface area contributed by atoms with E-state index in [0.717, 1.165) is 36.2 Å². The minimum atomic E-state index is 0. The van der Waals surface area contributed by atoms with Crippen molar-refractivity contribution < 1.29 is 4.74 Å². The van der Waals surface area contributed by atoms with Crippen molar-refractivity contribution in [2.75, 3.05) is 26.8 Å². The molecule has 2 N–H and O–H groups in total. The normalized spacial score (nSPS) is 11.4. The van der Waals surface area contributed by atoms with E-state index >= 15 is 0 Å². The molecule has 128 valence electrons. The molecule has 1 aromatic heterocycles. The van der Waals surface area contributed by atoms with Crippen molar-refractivity contribution in [3.05, 3.63) is 16.1 Å². The summed E-state index contributed by atoms with van der Waals surface area (Å²) in [4.78, 5) is 8.79. The van der Waals surface area contributed by atoms with E-state index in [9.17, 15) is 0 Å². The molecule has 0 spiro atoms. The van der Waals surface area contributed by atoms with Gasteiger partial charge in [0.1, 0.15) is 5.01 Å². The summed E-state index contributed by atoms with van der Waals surface area (Å²) in [6, 6.07) is 0. The summed E-state index contributed by atoms with van der Waals surface area (Å²) in [5, 5.41) is 9.72. The van der Waals surface area contributed by atoms with Crippen molar-refractivity contribution in [1.82, 2.24) is 15.6 Å². The maximum Gasteiger partial charge on any atom is 0.191 e. The highest BCUT2D eigenvalue weighted by atomic mass is 127. The van der Waals surface area contributed by atoms with Gasteiger partial charge in [-0.3, -0.25) is 4.99 Å². The molecule has 1 heterocycles. The van der Waals surface area contributed by atoms with E-state index in [1.165, 1.54) is 6.42 Å². The lowest BCUT2D eigenvalue weighted by Gasteiger charge is -2.11. The van der Waals surface area contributed by atoms with Gasteiger partial charge in [-0.15, -0.1) is 35.3 Å². The number of aromatic nitrogens is 1. The van der Waals surface area contributed by atoms with Gasteiger partial charge in [0.2, 0.25) is 0 Å². The number of guanidine groups is 1. The Balaban J connectivity index is 0.00000441. The number of ether oxygens (including phenoxy) is 1. The van der Waals surface area contributed by atoms with Crippen molar-refractivity contribution in [2.24, 2.45) is 4.99 Å². The molecule has 0 saturated carbocycles. The molecule has 0 unspecified atom stereocenters. The zero-order valence-corrected chi connectivity index (χ0v) is 17.2. The topological polar surface area (TPSA) is 58.5 Å². The van der Waals surface area contributed by atoms with Crippen LogP contribution in [-0.4, -0.2) is 37.7 Å². The van der Waals surface area contributed by atoms with Crippen LogP contribution in [0.5, 0.6) is 0 Å². The Morgan fingerprint density at radius 2 is 2.14 bits per heavy atom. The minimum Gasteiger partial charge on any atom is -0.380 e. The van der Waals surface area contributed by atoms with Gasteiger partial charge < -0.3 is 15.4 Å². The molecular formula is C15H29IN4OS. The number of hydrogen-bond acceptors (Lipinski definition) is 4. The van der Waals surface area contributed by atoms with Crippen LogP contribution in [0.25, 0.3) is 0 Å². The number of nitrogens with zero attached hydrogens (tertiary/aromatic N) is 2. The smallest absolute Gasteiger partial charge is 0.191 e. The first-order valence-corrected chi connectivity index (χ1v) is 8.51. The Kier molecular flexibility index (Phi) is 12.8. The first-order chi connectivity index (χ1) is 10.2. The highest BCUT2D eigenvalue weighted by molar-refractivity contribution is 14.0. The third-order valence-corrected chi connectivity index (χ3v) is 3.84. The molecule has 0 aliphatic carbocycles. The maximum atomic E-state index is 5.51. The third-order valence-electron chi connectivity index (χ3n) is 2.97. The lowest BCUT2D eigenvalue weighted by Crippen LogP contribution is -2.38. The number of rotatable bonds is 9. The van der Waals surface area contributed by atoms with E-state index in [0.29, 0.717) is 19.1 Å². The fourth-order valence-electron chi connectivity index (χ4n) is 1.64. The molecule has 0 atom stereocenters. The molecule has 0 saturated heterocycles. The second-order valence-corrected chi connectivity index (χ2v) is 6.08. The fraction of sp³-hybridized carbons (Fsp3) is 0.733. The Morgan fingerprint density at radius 3 is 2.73 bits per heavy atom. The molecule has 0 radical (unpaired) electrons. The third kappa shape index (κ3) is 8.89. The Morgan fingerprint density at radius 1 is 1.36 bits per heavy atom. The molecule has 0 fully saturated rings. The van der Waals surface area contributed by atoms with E-state index in [1.807, 2.05) is 0 Å². The maximum absolute atomic E-state index is 5.51. The van der Waals surface area contributed by atoms with Gasteiger partial charge in [0.05, 0.1) is 18.8 Å². The van der Waals surface area contributed by atoms with Gasteiger partial charge in [0.25, 0.3) is 0 Å². The molecule has 5 nitrogen and oxygen atoms in total. The van der Waals surface area contributed by atoms with Gasteiger partial charge in [0.15, 0.2) is 5.96 Å². The van der Waals surface area contributed by atoms with Crippen LogP contribution in [-0.2, 0) is 11.3 Å². The van der Waals surface area contributed by atoms with Crippen molar-refractivity contribution in [3.8, 4) is 0 Å². The molecule has 0 aromatic carbocycles. The zero-order valence-electron chi connectivity index (χ0n) is 14.0. The van der Waals surface area contributed by atoms with Crippen molar-refractivity contribution in [2.45, 2.75) is 46.1 Å². The van der Waals surface area contributed by atoms with Gasteiger partial charge >= 0.3 is 0 Å². The van der Waals surface area contributed by atoms with Crippen LogP contribution in [0.4, 0.5) is 0 Å². The van der Waals surface area contributed by atoms with Gasteiger partial charge in [-0.25, -0.2) is 4.98 Å². The van der Waals surface area contributed by atoms with Gasteiger partial charge in [-0.1, -0.05) is 27.2 Å². The van der Waals surface area contributed by atoms with Crippen molar-refractivity contribution in [1.29, 1.82) is 0 Å². The molecule has 22 heavy (non-hydrogen) atoms. The van der Waals surface area contributed by atoms with E-state index in [1.54, 1.807) is 18.4 Å². The summed E-state index contributed by atoms with van der Waals surface area (Å²) in [7, 11) is 1.77. The van der Waals surface area contributed by atoms with Crippen LogP contribution in [0, 0.1) is 0 Å². The summed E-state index contributed by atoms with van der Waals surface area (Å²) in [5.74, 6) is 1.27. The number of unbranched alkanes of at least 4 members (excludes halogenated alkanes) is 1. The molecule has 1 rings (SSSR count). The second-order valence-electron chi connectivity index (χ2n) is 5.14. The summed E-state index contributed by atoms with van der Waals surface area (Å²) >= 11 is 1.69. The average molecular weight is 440 g/mol. The predicted octanol–water partition coefficient (Wildman–Crippen LogP) is 3.37. The largest absolute Gasteiger partial charge is 0.380 e. The molecule has 0 aliphatic heterocycles. The quantitative estimate of drug-likeness (QED) is 0.268. The number of aliphatic imine (C=N–C) groups is 1. The zero-order chi connectivity index (χ0) is 15.5. The molecule has 0 aliphatic rings. The molecule has 7 heteroatoms. The highest BCUT2D eigenvalue weighted by Crippen LogP contribution is 2.17. The van der Waals surface area contributed by atoms with Crippen LogP contribution < -0.4 is 10.6 Å². The molecule has 0 bridgehead atoms. The summed E-state index contributed by atoms with van der Waals surface area (Å²) < 4.78 is 5.51.